The normalized spacial score (nSPS) is 10.0. The lowest BCUT2D eigenvalue weighted by Gasteiger charge is -2.15. The van der Waals surface area contributed by atoms with E-state index in [1.54, 1.807) is 30.1 Å². The van der Waals surface area contributed by atoms with Crippen LogP contribution in [0.2, 0.25) is 5.02 Å². The van der Waals surface area contributed by atoms with Gasteiger partial charge in [-0.1, -0.05) is 11.6 Å². The summed E-state index contributed by atoms with van der Waals surface area (Å²) in [4.78, 5) is 24.1. The third kappa shape index (κ3) is 7.49. The number of nitrogens with one attached hydrogen (secondary N) is 1. The van der Waals surface area contributed by atoms with Crippen LogP contribution in [0.15, 0.2) is 18.2 Å². The number of benzene rings is 1. The molecule has 1 aromatic rings. The predicted octanol–water partition coefficient (Wildman–Crippen LogP) is 2.51. The summed E-state index contributed by atoms with van der Waals surface area (Å²) in [5.41, 5.74) is 0.517. The number of ether oxygens (including phenoxy) is 1. The lowest BCUT2D eigenvalue weighted by atomic mass is 10.2. The van der Waals surface area contributed by atoms with Gasteiger partial charge in [-0.25, -0.2) is 0 Å². The second kappa shape index (κ2) is 10.3. The van der Waals surface area contributed by atoms with Crippen LogP contribution in [0.3, 0.4) is 0 Å². The number of carboxylic acids is 1. The van der Waals surface area contributed by atoms with Gasteiger partial charge in [-0.2, -0.15) is 0 Å². The number of amides is 1. The van der Waals surface area contributed by atoms with E-state index in [9.17, 15) is 9.59 Å². The highest BCUT2D eigenvalue weighted by atomic mass is 35.5. The Hall–Kier alpha value is -1.50. The van der Waals surface area contributed by atoms with Crippen LogP contribution in [-0.4, -0.2) is 49.1 Å². The van der Waals surface area contributed by atoms with Crippen molar-refractivity contribution in [2.24, 2.45) is 0 Å². The summed E-state index contributed by atoms with van der Waals surface area (Å²) in [6, 6.07) is 4.97. The Bertz CT molecular complexity index is 512. The van der Waals surface area contributed by atoms with Gasteiger partial charge in [0.25, 0.3) is 0 Å². The molecule has 0 aliphatic carbocycles. The van der Waals surface area contributed by atoms with E-state index < -0.39 is 5.97 Å². The first-order valence-corrected chi connectivity index (χ1v) is 6.84. The van der Waals surface area contributed by atoms with Crippen molar-refractivity contribution in [1.82, 2.24) is 4.90 Å². The summed E-state index contributed by atoms with van der Waals surface area (Å²) >= 11 is 5.88. The molecule has 0 saturated heterocycles. The van der Waals surface area contributed by atoms with E-state index in [-0.39, 0.29) is 31.2 Å². The van der Waals surface area contributed by atoms with Crippen LogP contribution < -0.4 is 10.1 Å². The van der Waals surface area contributed by atoms with Crippen LogP contribution in [0.5, 0.6) is 5.75 Å². The Morgan fingerprint density at radius 3 is 2.55 bits per heavy atom. The molecule has 0 bridgehead atoms. The van der Waals surface area contributed by atoms with Gasteiger partial charge in [0.05, 0.1) is 19.2 Å². The van der Waals surface area contributed by atoms with Gasteiger partial charge in [0.2, 0.25) is 5.91 Å². The zero-order valence-electron chi connectivity index (χ0n) is 12.5. The number of carbonyl (C=O) groups excluding carboxylic acids is 1. The number of nitrogens with zero attached hydrogens (tertiary/aromatic N) is 1. The second-order valence-corrected chi connectivity index (χ2v) is 5.03. The van der Waals surface area contributed by atoms with Gasteiger partial charge >= 0.3 is 5.97 Å². The molecule has 2 N–H and O–H groups in total. The summed E-state index contributed by atoms with van der Waals surface area (Å²) in [5.74, 6) is -0.500. The summed E-state index contributed by atoms with van der Waals surface area (Å²) < 4.78 is 5.14. The quantitative estimate of drug-likeness (QED) is 0.752. The number of rotatable bonds is 8. The first-order chi connectivity index (χ1) is 9.92. The third-order valence-electron chi connectivity index (χ3n) is 2.86. The highest BCUT2D eigenvalue weighted by Gasteiger charge is 2.10. The molecule has 0 spiro atoms. The molecular formula is C14H20Cl2N2O4. The highest BCUT2D eigenvalue weighted by Crippen LogP contribution is 2.27. The van der Waals surface area contributed by atoms with E-state index in [0.717, 1.165) is 0 Å². The van der Waals surface area contributed by atoms with Crippen molar-refractivity contribution in [3.05, 3.63) is 23.2 Å². The maximum absolute atomic E-state index is 11.9. The minimum absolute atomic E-state index is 0. The first-order valence-electron chi connectivity index (χ1n) is 6.46. The number of carbonyl (C=O) groups is 2. The molecule has 22 heavy (non-hydrogen) atoms. The average molecular weight is 351 g/mol. The van der Waals surface area contributed by atoms with Crippen LogP contribution in [0, 0.1) is 0 Å². The van der Waals surface area contributed by atoms with E-state index in [1.807, 2.05) is 0 Å². The Morgan fingerprint density at radius 2 is 1.95 bits per heavy atom. The summed E-state index contributed by atoms with van der Waals surface area (Å²) in [5, 5.41) is 11.8. The van der Waals surface area contributed by atoms with E-state index in [4.69, 9.17) is 21.4 Å². The van der Waals surface area contributed by atoms with Gasteiger partial charge in [0.1, 0.15) is 5.75 Å². The molecule has 0 aliphatic heterocycles. The van der Waals surface area contributed by atoms with Crippen molar-refractivity contribution in [2.45, 2.75) is 12.8 Å². The molecule has 0 saturated carbocycles. The number of halogens is 2. The molecule has 1 rings (SSSR count). The van der Waals surface area contributed by atoms with E-state index in [1.165, 1.54) is 7.11 Å². The molecule has 1 amide bonds. The Morgan fingerprint density at radius 1 is 1.32 bits per heavy atom. The Kier molecular flexibility index (Phi) is 9.56. The number of anilines is 1. The molecule has 124 valence electrons. The lowest BCUT2D eigenvalue weighted by molar-refractivity contribution is -0.137. The Labute approximate surface area is 140 Å². The van der Waals surface area contributed by atoms with E-state index in [0.29, 0.717) is 29.5 Å². The number of methoxy groups -OCH3 is 1. The standard InChI is InChI=1S/C14H19ClN2O4.ClH/c1-17(8-6-14(19)20)7-5-13(18)16-11-9-10(15)3-4-12(11)21-2;/h3-4,9H,5-8H2,1-2H3,(H,16,18)(H,19,20);1H. The molecule has 0 aromatic heterocycles. The Balaban J connectivity index is 0.00000441. The fourth-order valence-corrected chi connectivity index (χ4v) is 1.85. The SMILES string of the molecule is COc1ccc(Cl)cc1NC(=O)CCN(C)CCC(=O)O.Cl. The maximum atomic E-state index is 11.9. The topological polar surface area (TPSA) is 78.9 Å². The fraction of sp³-hybridized carbons (Fsp3) is 0.429. The molecule has 0 radical (unpaired) electrons. The number of carboxylic acid groups (broad SMARTS) is 1. The van der Waals surface area contributed by atoms with Gasteiger partial charge in [-0.3, -0.25) is 9.59 Å². The summed E-state index contributed by atoms with van der Waals surface area (Å²) in [7, 11) is 3.29. The van der Waals surface area contributed by atoms with Crippen molar-refractivity contribution < 1.29 is 19.4 Å². The molecule has 0 atom stereocenters. The molecular weight excluding hydrogens is 331 g/mol. The highest BCUT2D eigenvalue weighted by molar-refractivity contribution is 6.31. The number of aliphatic carboxylic acids is 1. The van der Waals surface area contributed by atoms with Crippen LogP contribution in [0.1, 0.15) is 12.8 Å². The molecule has 0 heterocycles. The average Bonchev–Trinajstić information content (AvgIpc) is 2.43. The van der Waals surface area contributed by atoms with Gasteiger partial charge < -0.3 is 20.1 Å². The zero-order valence-corrected chi connectivity index (χ0v) is 14.0. The van der Waals surface area contributed by atoms with E-state index >= 15 is 0 Å². The monoisotopic (exact) mass is 350 g/mol. The second-order valence-electron chi connectivity index (χ2n) is 4.59. The summed E-state index contributed by atoms with van der Waals surface area (Å²) in [6.45, 7) is 0.880. The minimum Gasteiger partial charge on any atom is -0.495 e. The molecule has 8 heteroatoms. The summed E-state index contributed by atoms with van der Waals surface area (Å²) in [6.07, 6.45) is 0.312. The van der Waals surface area contributed by atoms with Gasteiger partial charge in [-0.05, 0) is 25.2 Å². The molecule has 0 unspecified atom stereocenters. The van der Waals surface area contributed by atoms with Crippen molar-refractivity contribution >= 4 is 41.6 Å². The van der Waals surface area contributed by atoms with Crippen molar-refractivity contribution in [3.8, 4) is 5.75 Å². The smallest absolute Gasteiger partial charge is 0.304 e. The molecule has 0 fully saturated rings. The van der Waals surface area contributed by atoms with E-state index in [2.05, 4.69) is 5.32 Å². The molecule has 6 nitrogen and oxygen atoms in total. The van der Waals surface area contributed by atoms with Crippen LogP contribution in [0.4, 0.5) is 5.69 Å². The fourth-order valence-electron chi connectivity index (χ4n) is 1.68. The van der Waals surface area contributed by atoms with Crippen LogP contribution >= 0.6 is 24.0 Å². The van der Waals surface area contributed by atoms with Crippen molar-refractivity contribution in [2.75, 3.05) is 32.6 Å². The van der Waals surface area contributed by atoms with Crippen molar-refractivity contribution in [1.29, 1.82) is 0 Å². The molecule has 1 aromatic carbocycles. The maximum Gasteiger partial charge on any atom is 0.304 e. The van der Waals surface area contributed by atoms with Crippen LogP contribution in [-0.2, 0) is 9.59 Å². The van der Waals surface area contributed by atoms with Crippen molar-refractivity contribution in [3.63, 3.8) is 0 Å². The largest absolute Gasteiger partial charge is 0.495 e. The minimum atomic E-state index is -0.852. The predicted molar refractivity (Wildman–Crippen MR) is 88.2 cm³/mol. The number of hydrogen-bond donors (Lipinski definition) is 2. The van der Waals surface area contributed by atoms with Gasteiger partial charge in [-0.15, -0.1) is 12.4 Å². The lowest BCUT2D eigenvalue weighted by Crippen LogP contribution is -2.26. The van der Waals surface area contributed by atoms with Crippen LogP contribution in [0.25, 0.3) is 0 Å². The zero-order chi connectivity index (χ0) is 15.8. The third-order valence-corrected chi connectivity index (χ3v) is 3.10. The van der Waals surface area contributed by atoms with Gasteiger partial charge in [0, 0.05) is 24.5 Å². The van der Waals surface area contributed by atoms with Gasteiger partial charge in [0.15, 0.2) is 0 Å². The molecule has 0 aliphatic rings. The first kappa shape index (κ1) is 20.5. The number of hydrogen-bond acceptors (Lipinski definition) is 4.